The predicted octanol–water partition coefficient (Wildman–Crippen LogP) is 2.84. The highest BCUT2D eigenvalue weighted by molar-refractivity contribution is 6.31. The van der Waals surface area contributed by atoms with Gasteiger partial charge in [-0.2, -0.15) is 0 Å². The number of carboxylic acid groups (broad SMARTS) is 1. The molecule has 0 fully saturated rings. The van der Waals surface area contributed by atoms with Crippen LogP contribution in [0.3, 0.4) is 0 Å². The van der Waals surface area contributed by atoms with Crippen LogP contribution in [0.4, 0.5) is 4.39 Å². The Kier molecular flexibility index (Phi) is 3.65. The number of benzene rings is 1. The summed E-state index contributed by atoms with van der Waals surface area (Å²) in [5.41, 5.74) is -0.828. The van der Waals surface area contributed by atoms with Crippen LogP contribution in [0.25, 0.3) is 11.1 Å². The first-order valence-corrected chi connectivity index (χ1v) is 6.92. The summed E-state index contributed by atoms with van der Waals surface area (Å²) >= 11 is 5.95. The van der Waals surface area contributed by atoms with Crippen LogP contribution in [-0.2, 0) is 6.54 Å². The number of aryl methyl sites for hydroxylation is 1. The Morgan fingerprint density at radius 3 is 2.87 bits per heavy atom. The number of hydrogen-bond donors (Lipinski definition) is 1. The quantitative estimate of drug-likeness (QED) is 0.795. The second kappa shape index (κ2) is 5.51. The topological polar surface area (TPSA) is 85.3 Å². The molecule has 0 saturated heterocycles. The second-order valence-corrected chi connectivity index (χ2v) is 5.30. The summed E-state index contributed by atoms with van der Waals surface area (Å²) in [7, 11) is 0. The molecule has 3 aromatic rings. The van der Waals surface area contributed by atoms with E-state index in [0.717, 1.165) is 4.57 Å². The molecule has 6 nitrogen and oxygen atoms in total. The summed E-state index contributed by atoms with van der Waals surface area (Å²) in [6, 6.07) is 4.18. The maximum absolute atomic E-state index is 13.9. The number of fused-ring (bicyclic) bond motifs is 1. The van der Waals surface area contributed by atoms with Crippen molar-refractivity contribution in [3.8, 4) is 0 Å². The first-order valence-electron chi connectivity index (χ1n) is 6.55. The first-order chi connectivity index (χ1) is 10.9. The summed E-state index contributed by atoms with van der Waals surface area (Å²) in [4.78, 5) is 27.8. The Morgan fingerprint density at radius 1 is 1.48 bits per heavy atom. The van der Waals surface area contributed by atoms with E-state index < -0.39 is 17.3 Å². The molecule has 0 atom stereocenters. The van der Waals surface area contributed by atoms with Crippen molar-refractivity contribution in [2.45, 2.75) is 13.5 Å². The lowest BCUT2D eigenvalue weighted by Gasteiger charge is -2.08. The van der Waals surface area contributed by atoms with Crippen LogP contribution in [0, 0.1) is 12.7 Å². The number of aromatic carboxylic acids is 1. The van der Waals surface area contributed by atoms with Crippen molar-refractivity contribution >= 4 is 28.7 Å². The van der Waals surface area contributed by atoms with Gasteiger partial charge in [0.25, 0.3) is 5.56 Å². The van der Waals surface area contributed by atoms with Gasteiger partial charge in [0.2, 0.25) is 5.71 Å². The first kappa shape index (κ1) is 15.2. The molecule has 0 aliphatic heterocycles. The van der Waals surface area contributed by atoms with E-state index in [0.29, 0.717) is 0 Å². The molecular weight excluding hydrogens is 327 g/mol. The smallest absolute Gasteiger partial charge is 0.340 e. The predicted molar refractivity (Wildman–Crippen MR) is 80.5 cm³/mol. The van der Waals surface area contributed by atoms with E-state index in [-0.39, 0.29) is 39.6 Å². The highest BCUT2D eigenvalue weighted by Gasteiger charge is 2.22. The lowest BCUT2D eigenvalue weighted by Crippen LogP contribution is -2.22. The summed E-state index contributed by atoms with van der Waals surface area (Å²) < 4.78 is 20.1. The molecule has 2 heterocycles. The zero-order valence-corrected chi connectivity index (χ0v) is 12.6. The third-order valence-electron chi connectivity index (χ3n) is 3.46. The zero-order chi connectivity index (χ0) is 16.7. The molecule has 1 N–H and O–H groups in total. The molecule has 0 aliphatic rings. The third-order valence-corrected chi connectivity index (χ3v) is 3.81. The maximum Gasteiger partial charge on any atom is 0.340 e. The van der Waals surface area contributed by atoms with Gasteiger partial charge in [-0.25, -0.2) is 14.2 Å². The highest BCUT2D eigenvalue weighted by Crippen LogP contribution is 2.22. The molecule has 118 valence electrons. The van der Waals surface area contributed by atoms with E-state index in [1.807, 2.05) is 0 Å². The fourth-order valence-corrected chi connectivity index (χ4v) is 2.58. The van der Waals surface area contributed by atoms with Gasteiger partial charge < -0.3 is 9.52 Å². The van der Waals surface area contributed by atoms with Crippen molar-refractivity contribution in [2.24, 2.45) is 0 Å². The van der Waals surface area contributed by atoms with Crippen molar-refractivity contribution in [3.63, 3.8) is 0 Å². The van der Waals surface area contributed by atoms with Crippen LogP contribution >= 0.6 is 11.6 Å². The average molecular weight is 337 g/mol. The Balaban J connectivity index is 2.20. The van der Waals surface area contributed by atoms with Crippen LogP contribution in [0.1, 0.15) is 21.7 Å². The van der Waals surface area contributed by atoms with E-state index >= 15 is 0 Å². The summed E-state index contributed by atoms with van der Waals surface area (Å²) in [5.74, 6) is -1.77. The number of furan rings is 1. The molecule has 2 aromatic heterocycles. The Bertz CT molecular complexity index is 973. The molecule has 0 radical (unpaired) electrons. The van der Waals surface area contributed by atoms with E-state index in [1.165, 1.54) is 31.5 Å². The standard InChI is InChI=1S/C15H10ClFN2O4/c1-7-11(15(21)22)12-13(23-7)18-6-19(14(12)20)5-8-9(16)3-2-4-10(8)17/h2-4,6H,5H2,1H3,(H,21,22). The zero-order valence-electron chi connectivity index (χ0n) is 11.8. The highest BCUT2D eigenvalue weighted by atomic mass is 35.5. The van der Waals surface area contributed by atoms with Crippen molar-refractivity contribution in [1.29, 1.82) is 0 Å². The summed E-state index contributed by atoms with van der Waals surface area (Å²) in [6.45, 7) is 1.26. The SMILES string of the molecule is Cc1oc2ncn(Cc3c(F)cccc3Cl)c(=O)c2c1C(=O)O. The van der Waals surface area contributed by atoms with Crippen LogP contribution in [0.15, 0.2) is 33.7 Å². The van der Waals surface area contributed by atoms with Gasteiger partial charge in [0, 0.05) is 10.6 Å². The molecule has 8 heteroatoms. The number of carbonyl (C=O) groups is 1. The molecule has 0 saturated carbocycles. The van der Waals surface area contributed by atoms with Gasteiger partial charge in [-0.1, -0.05) is 17.7 Å². The van der Waals surface area contributed by atoms with E-state index in [1.54, 1.807) is 0 Å². The monoisotopic (exact) mass is 336 g/mol. The maximum atomic E-state index is 13.9. The minimum Gasteiger partial charge on any atom is -0.478 e. The van der Waals surface area contributed by atoms with Crippen LogP contribution in [-0.4, -0.2) is 20.6 Å². The fraction of sp³-hybridized carbons (Fsp3) is 0.133. The molecule has 0 unspecified atom stereocenters. The molecule has 1 aromatic carbocycles. The van der Waals surface area contributed by atoms with Crippen molar-refractivity contribution in [2.75, 3.05) is 0 Å². The van der Waals surface area contributed by atoms with Gasteiger partial charge in [-0.15, -0.1) is 0 Å². The van der Waals surface area contributed by atoms with Crippen molar-refractivity contribution < 1.29 is 18.7 Å². The largest absolute Gasteiger partial charge is 0.478 e. The lowest BCUT2D eigenvalue weighted by atomic mass is 10.2. The van der Waals surface area contributed by atoms with Gasteiger partial charge >= 0.3 is 5.97 Å². The van der Waals surface area contributed by atoms with Gasteiger partial charge in [-0.3, -0.25) is 9.36 Å². The van der Waals surface area contributed by atoms with E-state index in [2.05, 4.69) is 4.98 Å². The normalized spacial score (nSPS) is 11.1. The number of rotatable bonds is 3. The Hall–Kier alpha value is -2.67. The molecule has 0 bridgehead atoms. The van der Waals surface area contributed by atoms with E-state index in [4.69, 9.17) is 16.0 Å². The van der Waals surface area contributed by atoms with Crippen LogP contribution in [0.2, 0.25) is 5.02 Å². The Morgan fingerprint density at radius 2 is 2.22 bits per heavy atom. The number of carboxylic acids is 1. The Labute approximate surface area is 133 Å². The third kappa shape index (κ3) is 2.49. The molecule has 23 heavy (non-hydrogen) atoms. The number of aromatic nitrogens is 2. The molecule has 0 aliphatic carbocycles. The summed E-state index contributed by atoms with van der Waals surface area (Å²) in [5, 5.41) is 9.25. The fourth-order valence-electron chi connectivity index (χ4n) is 2.36. The number of hydrogen-bond acceptors (Lipinski definition) is 4. The lowest BCUT2D eigenvalue weighted by molar-refractivity contribution is 0.0697. The van der Waals surface area contributed by atoms with Gasteiger partial charge in [0.05, 0.1) is 6.54 Å². The summed E-state index contributed by atoms with van der Waals surface area (Å²) in [6.07, 6.45) is 1.17. The number of halogens is 2. The minimum absolute atomic E-state index is 0.0687. The van der Waals surface area contributed by atoms with Gasteiger partial charge in [0.15, 0.2) is 0 Å². The van der Waals surface area contributed by atoms with Crippen molar-refractivity contribution in [1.82, 2.24) is 9.55 Å². The van der Waals surface area contributed by atoms with E-state index in [9.17, 15) is 19.1 Å². The van der Waals surface area contributed by atoms with Crippen molar-refractivity contribution in [3.05, 3.63) is 62.6 Å². The molecule has 0 spiro atoms. The second-order valence-electron chi connectivity index (χ2n) is 4.90. The van der Waals surface area contributed by atoms with Gasteiger partial charge in [0.1, 0.15) is 28.9 Å². The minimum atomic E-state index is -1.29. The molecular formula is C15H10ClFN2O4. The van der Waals surface area contributed by atoms with Crippen LogP contribution in [0.5, 0.6) is 0 Å². The average Bonchev–Trinajstić information content (AvgIpc) is 2.82. The van der Waals surface area contributed by atoms with Crippen LogP contribution < -0.4 is 5.56 Å². The molecule has 0 amide bonds. The molecule has 3 rings (SSSR count). The number of nitrogens with zero attached hydrogens (tertiary/aromatic N) is 2. The van der Waals surface area contributed by atoms with Gasteiger partial charge in [-0.05, 0) is 19.1 Å².